The number of rotatable bonds is 1. The fraction of sp³-hybridized carbons (Fsp3) is 0.667. The lowest BCUT2D eigenvalue weighted by Crippen LogP contribution is -2.56. The number of carbonyl (C=O) groups is 1. The number of hydrogen-bond donors (Lipinski definition) is 3. The van der Waals surface area contributed by atoms with Crippen molar-refractivity contribution in [3.63, 3.8) is 0 Å². The van der Waals surface area contributed by atoms with Gasteiger partial charge in [0, 0.05) is 12.1 Å². The SMILES string of the molecule is O=C(O)[C@H]1Cc2[nH]cnc2C2(CCCCC2)N1. The third kappa shape index (κ3) is 1.65. The number of H-pyrrole nitrogens is 1. The minimum absolute atomic E-state index is 0.200. The first kappa shape index (κ1) is 10.8. The normalized spacial score (nSPS) is 26.7. The Bertz CT molecular complexity index is 435. The van der Waals surface area contributed by atoms with Gasteiger partial charge < -0.3 is 10.1 Å². The molecule has 1 aromatic rings. The maximum Gasteiger partial charge on any atom is 0.321 e. The lowest BCUT2D eigenvalue weighted by molar-refractivity contribution is -0.140. The van der Waals surface area contributed by atoms with Gasteiger partial charge in [-0.2, -0.15) is 0 Å². The highest BCUT2D eigenvalue weighted by molar-refractivity contribution is 5.74. The molecule has 0 radical (unpaired) electrons. The Balaban J connectivity index is 2.00. The molecule has 0 aromatic carbocycles. The maximum absolute atomic E-state index is 11.2. The second-order valence-corrected chi connectivity index (χ2v) is 5.11. The standard InChI is InChI=1S/C12H17N3O2/c16-11(17)9-6-8-10(14-7-13-8)12(15-9)4-2-1-3-5-12/h7,9,15H,1-6H2,(H,13,14)(H,16,17)/t9-/m1/s1. The van der Waals surface area contributed by atoms with Gasteiger partial charge in [-0.1, -0.05) is 19.3 Å². The van der Waals surface area contributed by atoms with E-state index in [9.17, 15) is 9.90 Å². The molecule has 2 heterocycles. The summed E-state index contributed by atoms with van der Waals surface area (Å²) in [6, 6.07) is -0.485. The van der Waals surface area contributed by atoms with E-state index < -0.39 is 12.0 Å². The predicted octanol–water partition coefficient (Wildman–Crippen LogP) is 1.17. The van der Waals surface area contributed by atoms with E-state index in [1.165, 1.54) is 6.42 Å². The number of aromatic nitrogens is 2. The monoisotopic (exact) mass is 235 g/mol. The highest BCUT2D eigenvalue weighted by Crippen LogP contribution is 2.40. The Morgan fingerprint density at radius 3 is 2.88 bits per heavy atom. The molecule has 5 heteroatoms. The molecule has 1 aliphatic carbocycles. The van der Waals surface area contributed by atoms with E-state index in [1.54, 1.807) is 6.33 Å². The van der Waals surface area contributed by atoms with Crippen LogP contribution >= 0.6 is 0 Å². The van der Waals surface area contributed by atoms with E-state index in [0.717, 1.165) is 37.1 Å². The molecule has 0 amide bonds. The molecule has 0 bridgehead atoms. The fourth-order valence-corrected chi connectivity index (χ4v) is 3.23. The summed E-state index contributed by atoms with van der Waals surface area (Å²) in [5, 5.41) is 12.5. The molecule has 1 saturated carbocycles. The Labute approximate surface area is 99.6 Å². The molecule has 1 aromatic heterocycles. The van der Waals surface area contributed by atoms with Crippen LogP contribution in [0.2, 0.25) is 0 Å². The molecule has 3 rings (SSSR count). The molecule has 2 aliphatic rings. The van der Waals surface area contributed by atoms with Crippen molar-refractivity contribution >= 4 is 5.97 Å². The summed E-state index contributed by atoms with van der Waals surface area (Å²) in [5.74, 6) is -0.768. The number of fused-ring (bicyclic) bond motifs is 2. The van der Waals surface area contributed by atoms with Crippen LogP contribution in [-0.2, 0) is 16.8 Å². The molecule has 5 nitrogen and oxygen atoms in total. The van der Waals surface area contributed by atoms with Gasteiger partial charge in [-0.05, 0) is 12.8 Å². The zero-order valence-corrected chi connectivity index (χ0v) is 9.70. The first-order chi connectivity index (χ1) is 8.21. The van der Waals surface area contributed by atoms with Gasteiger partial charge in [0.05, 0.1) is 17.6 Å². The molecule has 92 valence electrons. The number of nitrogens with zero attached hydrogens (tertiary/aromatic N) is 1. The number of nitrogens with one attached hydrogen (secondary N) is 2. The van der Waals surface area contributed by atoms with Crippen molar-refractivity contribution in [3.05, 3.63) is 17.7 Å². The average molecular weight is 235 g/mol. The van der Waals surface area contributed by atoms with Crippen LogP contribution in [0.15, 0.2) is 6.33 Å². The van der Waals surface area contributed by atoms with Crippen molar-refractivity contribution in [2.24, 2.45) is 0 Å². The van der Waals surface area contributed by atoms with Crippen LogP contribution in [0.25, 0.3) is 0 Å². The summed E-state index contributed by atoms with van der Waals surface area (Å²) in [6.45, 7) is 0. The van der Waals surface area contributed by atoms with E-state index >= 15 is 0 Å². The summed E-state index contributed by atoms with van der Waals surface area (Å²) < 4.78 is 0. The largest absolute Gasteiger partial charge is 0.480 e. The van der Waals surface area contributed by atoms with Crippen LogP contribution in [0.3, 0.4) is 0 Å². The first-order valence-electron chi connectivity index (χ1n) is 6.24. The van der Waals surface area contributed by atoms with Crippen molar-refractivity contribution in [3.8, 4) is 0 Å². The number of carboxylic acids is 1. The van der Waals surface area contributed by atoms with E-state index in [2.05, 4.69) is 15.3 Å². The minimum Gasteiger partial charge on any atom is -0.480 e. The summed E-state index contributed by atoms with van der Waals surface area (Å²) >= 11 is 0. The van der Waals surface area contributed by atoms with E-state index in [0.29, 0.717) is 6.42 Å². The van der Waals surface area contributed by atoms with Crippen molar-refractivity contribution in [2.75, 3.05) is 0 Å². The maximum atomic E-state index is 11.2. The van der Waals surface area contributed by atoms with Crippen LogP contribution in [-0.4, -0.2) is 27.1 Å². The number of aliphatic carboxylic acids is 1. The van der Waals surface area contributed by atoms with Crippen molar-refractivity contribution < 1.29 is 9.90 Å². The molecular formula is C12H17N3O2. The number of carboxylic acid groups (broad SMARTS) is 1. The average Bonchev–Trinajstić information content (AvgIpc) is 2.79. The van der Waals surface area contributed by atoms with Crippen LogP contribution in [0, 0.1) is 0 Å². The summed E-state index contributed by atoms with van der Waals surface area (Å²) in [7, 11) is 0. The molecule has 0 saturated heterocycles. The fourth-order valence-electron chi connectivity index (χ4n) is 3.23. The zero-order chi connectivity index (χ0) is 11.9. The first-order valence-corrected chi connectivity index (χ1v) is 6.24. The topological polar surface area (TPSA) is 78.0 Å². The third-order valence-corrected chi connectivity index (χ3v) is 4.04. The number of aromatic amines is 1. The lowest BCUT2D eigenvalue weighted by atomic mass is 9.75. The molecule has 1 atom stereocenters. The zero-order valence-electron chi connectivity index (χ0n) is 9.70. The Hall–Kier alpha value is -1.36. The van der Waals surface area contributed by atoms with Gasteiger partial charge in [0.1, 0.15) is 6.04 Å². The van der Waals surface area contributed by atoms with Crippen molar-refractivity contribution in [2.45, 2.75) is 50.1 Å². The second-order valence-electron chi connectivity index (χ2n) is 5.11. The molecule has 0 unspecified atom stereocenters. The lowest BCUT2D eigenvalue weighted by Gasteiger charge is -2.42. The Morgan fingerprint density at radius 1 is 1.41 bits per heavy atom. The van der Waals surface area contributed by atoms with Gasteiger partial charge >= 0.3 is 5.97 Å². The van der Waals surface area contributed by atoms with Gasteiger partial charge in [-0.3, -0.25) is 10.1 Å². The molecule has 1 spiro atoms. The molecule has 1 fully saturated rings. The number of imidazole rings is 1. The van der Waals surface area contributed by atoms with Crippen LogP contribution in [0.1, 0.15) is 43.5 Å². The minimum atomic E-state index is -0.768. The van der Waals surface area contributed by atoms with Crippen LogP contribution in [0.5, 0.6) is 0 Å². The highest BCUT2D eigenvalue weighted by atomic mass is 16.4. The Kier molecular flexibility index (Phi) is 2.43. The van der Waals surface area contributed by atoms with Gasteiger partial charge in [-0.25, -0.2) is 4.98 Å². The second kappa shape index (κ2) is 3.84. The smallest absolute Gasteiger partial charge is 0.321 e. The van der Waals surface area contributed by atoms with Gasteiger partial charge in [0.15, 0.2) is 0 Å². The summed E-state index contributed by atoms with van der Waals surface area (Å²) in [4.78, 5) is 18.7. The Morgan fingerprint density at radius 2 is 2.18 bits per heavy atom. The van der Waals surface area contributed by atoms with Crippen LogP contribution < -0.4 is 5.32 Å². The summed E-state index contributed by atoms with van der Waals surface area (Å²) in [6.07, 6.45) is 7.71. The van der Waals surface area contributed by atoms with Crippen LogP contribution in [0.4, 0.5) is 0 Å². The molecule has 3 N–H and O–H groups in total. The van der Waals surface area contributed by atoms with E-state index in [4.69, 9.17) is 0 Å². The van der Waals surface area contributed by atoms with Crippen molar-refractivity contribution in [1.82, 2.24) is 15.3 Å². The van der Waals surface area contributed by atoms with Crippen molar-refractivity contribution in [1.29, 1.82) is 0 Å². The third-order valence-electron chi connectivity index (χ3n) is 4.04. The van der Waals surface area contributed by atoms with Gasteiger partial charge in [0.25, 0.3) is 0 Å². The van der Waals surface area contributed by atoms with E-state index in [-0.39, 0.29) is 5.54 Å². The van der Waals surface area contributed by atoms with E-state index in [1.807, 2.05) is 0 Å². The van der Waals surface area contributed by atoms with Gasteiger partial charge in [-0.15, -0.1) is 0 Å². The number of hydrogen-bond acceptors (Lipinski definition) is 3. The molecule has 17 heavy (non-hydrogen) atoms. The van der Waals surface area contributed by atoms with Gasteiger partial charge in [0.2, 0.25) is 0 Å². The molecule has 1 aliphatic heterocycles. The summed E-state index contributed by atoms with van der Waals surface area (Å²) in [5.41, 5.74) is 1.85. The predicted molar refractivity (Wildman–Crippen MR) is 61.6 cm³/mol. The highest BCUT2D eigenvalue weighted by Gasteiger charge is 2.44. The quantitative estimate of drug-likeness (QED) is 0.682. The molecular weight excluding hydrogens is 218 g/mol.